The number of hydrogen-bond donors (Lipinski definition) is 2. The first-order valence-electron chi connectivity index (χ1n) is 6.36. The van der Waals surface area contributed by atoms with Crippen molar-refractivity contribution in [1.29, 1.82) is 0 Å². The Bertz CT molecular complexity index is 583. The fourth-order valence-electron chi connectivity index (χ4n) is 2.10. The maximum atomic E-state index is 12.4. The van der Waals surface area contributed by atoms with Gasteiger partial charge in [0.15, 0.2) is 0 Å². The Morgan fingerprint density at radius 3 is 2.63 bits per heavy atom. The molecule has 19 heavy (non-hydrogen) atoms. The lowest BCUT2D eigenvalue weighted by Crippen LogP contribution is -2.34. The van der Waals surface area contributed by atoms with Crippen LogP contribution in [0.15, 0.2) is 21.5 Å². The molecule has 0 aliphatic heterocycles. The molecule has 3 N–H and O–H groups in total. The molecule has 0 saturated heterocycles. The van der Waals surface area contributed by atoms with Gasteiger partial charge in [0, 0.05) is 17.1 Å². The van der Waals surface area contributed by atoms with E-state index in [9.17, 15) is 8.42 Å². The van der Waals surface area contributed by atoms with E-state index in [0.29, 0.717) is 22.9 Å². The van der Waals surface area contributed by atoms with Crippen LogP contribution in [0.2, 0.25) is 0 Å². The zero-order valence-corrected chi connectivity index (χ0v) is 13.5. The number of nitrogens with one attached hydrogen (secondary N) is 1. The van der Waals surface area contributed by atoms with Gasteiger partial charge in [-0.05, 0) is 55.9 Å². The molecule has 2 rings (SSSR count). The summed E-state index contributed by atoms with van der Waals surface area (Å²) in [5, 5.41) is 0. The van der Waals surface area contributed by atoms with E-state index in [-0.39, 0.29) is 6.04 Å². The smallest absolute Gasteiger partial charge is 0.241 e. The second-order valence-corrected chi connectivity index (χ2v) is 7.69. The van der Waals surface area contributed by atoms with E-state index in [1.165, 1.54) is 0 Å². The maximum absolute atomic E-state index is 12.4. The van der Waals surface area contributed by atoms with Gasteiger partial charge < -0.3 is 5.73 Å². The molecule has 1 aliphatic carbocycles. The summed E-state index contributed by atoms with van der Waals surface area (Å²) < 4.78 is 28.4. The highest BCUT2D eigenvalue weighted by Crippen LogP contribution is 2.33. The summed E-state index contributed by atoms with van der Waals surface area (Å²) >= 11 is 3.39. The number of nitrogens with two attached hydrogens (primary N) is 1. The molecule has 4 nitrogen and oxygen atoms in total. The molecule has 0 spiro atoms. The first kappa shape index (κ1) is 15.0. The normalized spacial score (nSPS) is 17.5. The van der Waals surface area contributed by atoms with Crippen molar-refractivity contribution in [1.82, 2.24) is 4.72 Å². The first-order valence-corrected chi connectivity index (χ1v) is 8.64. The van der Waals surface area contributed by atoms with Gasteiger partial charge in [0.25, 0.3) is 0 Å². The van der Waals surface area contributed by atoms with E-state index in [2.05, 4.69) is 20.7 Å². The van der Waals surface area contributed by atoms with E-state index >= 15 is 0 Å². The summed E-state index contributed by atoms with van der Waals surface area (Å²) in [6.07, 6.45) is 2.21. The highest BCUT2D eigenvalue weighted by Gasteiger charge is 2.31. The quantitative estimate of drug-likeness (QED) is 0.858. The van der Waals surface area contributed by atoms with Crippen LogP contribution < -0.4 is 10.5 Å². The van der Waals surface area contributed by atoms with Crippen LogP contribution in [0.4, 0.5) is 0 Å². The van der Waals surface area contributed by atoms with Crippen LogP contribution in [0.1, 0.15) is 30.9 Å². The van der Waals surface area contributed by atoms with Crippen molar-refractivity contribution in [3.05, 3.63) is 27.7 Å². The minimum atomic E-state index is -3.49. The zero-order valence-electron chi connectivity index (χ0n) is 11.1. The average Bonchev–Trinajstić information content (AvgIpc) is 3.15. The fraction of sp³-hybridized carbons (Fsp3) is 0.538. The van der Waals surface area contributed by atoms with E-state index in [1.54, 1.807) is 13.0 Å². The van der Waals surface area contributed by atoms with Crippen molar-refractivity contribution >= 4 is 26.0 Å². The zero-order chi connectivity index (χ0) is 14.2. The van der Waals surface area contributed by atoms with Crippen LogP contribution >= 0.6 is 15.9 Å². The molecule has 1 aliphatic rings. The summed E-state index contributed by atoms with van der Waals surface area (Å²) in [6.45, 7) is 4.03. The molecule has 6 heteroatoms. The standard InChI is InChI=1S/C13H19BrN2O2S/c1-8-12(14)5-10(7-15)6-13(8)19(17,18)16-9(2)11-3-4-11/h5-6,9,11,16H,3-4,7,15H2,1-2H3. The van der Waals surface area contributed by atoms with Crippen LogP contribution in [0, 0.1) is 12.8 Å². The monoisotopic (exact) mass is 346 g/mol. The molecular formula is C13H19BrN2O2S. The molecule has 0 radical (unpaired) electrons. The Morgan fingerprint density at radius 1 is 1.47 bits per heavy atom. The number of halogens is 1. The van der Waals surface area contributed by atoms with E-state index < -0.39 is 10.0 Å². The van der Waals surface area contributed by atoms with E-state index in [0.717, 1.165) is 22.9 Å². The molecule has 1 fully saturated rings. The molecule has 1 aromatic carbocycles. The second kappa shape index (κ2) is 5.52. The van der Waals surface area contributed by atoms with Gasteiger partial charge in [-0.25, -0.2) is 13.1 Å². The van der Waals surface area contributed by atoms with Crippen LogP contribution in [0.25, 0.3) is 0 Å². The van der Waals surface area contributed by atoms with Crippen molar-refractivity contribution in [2.75, 3.05) is 0 Å². The third-order valence-corrected chi connectivity index (χ3v) is 6.06. The van der Waals surface area contributed by atoms with Crippen molar-refractivity contribution in [2.45, 2.75) is 44.2 Å². The largest absolute Gasteiger partial charge is 0.326 e. The Hall–Kier alpha value is -0.430. The Morgan fingerprint density at radius 2 is 2.11 bits per heavy atom. The minimum absolute atomic E-state index is 0.00953. The molecule has 0 heterocycles. The molecule has 1 unspecified atom stereocenters. The number of rotatable bonds is 5. The third kappa shape index (κ3) is 3.37. The van der Waals surface area contributed by atoms with Gasteiger partial charge in [0.2, 0.25) is 10.0 Å². The van der Waals surface area contributed by atoms with Crippen molar-refractivity contribution in [3.63, 3.8) is 0 Å². The first-order chi connectivity index (χ1) is 8.85. The summed E-state index contributed by atoms with van der Waals surface area (Å²) in [5.74, 6) is 0.483. The fourth-order valence-corrected chi connectivity index (χ4v) is 4.37. The maximum Gasteiger partial charge on any atom is 0.241 e. The summed E-state index contributed by atoms with van der Waals surface area (Å²) in [4.78, 5) is 0.315. The number of benzene rings is 1. The van der Waals surface area contributed by atoms with Crippen LogP contribution in [0.5, 0.6) is 0 Å². The molecule has 106 valence electrons. The molecule has 1 aromatic rings. The number of sulfonamides is 1. The van der Waals surface area contributed by atoms with Crippen LogP contribution in [-0.4, -0.2) is 14.5 Å². The predicted octanol–water partition coefficient (Wildman–Crippen LogP) is 2.29. The van der Waals surface area contributed by atoms with Gasteiger partial charge in [-0.15, -0.1) is 0 Å². The Balaban J connectivity index is 2.35. The van der Waals surface area contributed by atoms with Crippen molar-refractivity contribution in [3.8, 4) is 0 Å². The molecule has 0 aromatic heterocycles. The highest BCUT2D eigenvalue weighted by molar-refractivity contribution is 9.10. The minimum Gasteiger partial charge on any atom is -0.326 e. The second-order valence-electron chi connectivity index (χ2n) is 5.15. The number of hydrogen-bond acceptors (Lipinski definition) is 3. The topological polar surface area (TPSA) is 72.2 Å². The average molecular weight is 347 g/mol. The Labute approximate surface area is 122 Å². The molecule has 0 bridgehead atoms. The van der Waals surface area contributed by atoms with Crippen LogP contribution in [0.3, 0.4) is 0 Å². The predicted molar refractivity (Wildman–Crippen MR) is 79.3 cm³/mol. The Kier molecular flexibility index (Phi) is 4.35. The van der Waals surface area contributed by atoms with E-state index in [1.807, 2.05) is 13.0 Å². The SMILES string of the molecule is Cc1c(Br)cc(CN)cc1S(=O)(=O)NC(C)C1CC1. The molecule has 1 atom stereocenters. The van der Waals surface area contributed by atoms with Gasteiger partial charge in [-0.1, -0.05) is 15.9 Å². The highest BCUT2D eigenvalue weighted by atomic mass is 79.9. The van der Waals surface area contributed by atoms with Crippen molar-refractivity contribution < 1.29 is 8.42 Å². The van der Waals surface area contributed by atoms with Gasteiger partial charge in [0.05, 0.1) is 4.90 Å². The van der Waals surface area contributed by atoms with Crippen LogP contribution in [-0.2, 0) is 16.6 Å². The van der Waals surface area contributed by atoms with Gasteiger partial charge in [0.1, 0.15) is 0 Å². The lowest BCUT2D eigenvalue weighted by molar-refractivity contribution is 0.537. The molecule has 0 amide bonds. The molecule has 1 saturated carbocycles. The summed E-state index contributed by atoms with van der Waals surface area (Å²) in [5.41, 5.74) is 7.12. The molecular weight excluding hydrogens is 328 g/mol. The lowest BCUT2D eigenvalue weighted by Gasteiger charge is -2.16. The summed E-state index contributed by atoms with van der Waals surface area (Å²) in [7, 11) is -3.49. The van der Waals surface area contributed by atoms with E-state index in [4.69, 9.17) is 5.73 Å². The van der Waals surface area contributed by atoms with Gasteiger partial charge in [-0.3, -0.25) is 0 Å². The van der Waals surface area contributed by atoms with Gasteiger partial charge >= 0.3 is 0 Å². The van der Waals surface area contributed by atoms with Crippen molar-refractivity contribution in [2.24, 2.45) is 11.7 Å². The lowest BCUT2D eigenvalue weighted by atomic mass is 10.1. The third-order valence-electron chi connectivity index (χ3n) is 3.55. The summed E-state index contributed by atoms with van der Waals surface area (Å²) in [6, 6.07) is 3.51. The van der Waals surface area contributed by atoms with Gasteiger partial charge in [-0.2, -0.15) is 0 Å².